The van der Waals surface area contributed by atoms with Gasteiger partial charge in [-0.2, -0.15) is 0 Å². The minimum atomic E-state index is -0.944. The zero-order valence-electron chi connectivity index (χ0n) is 39.9. The van der Waals surface area contributed by atoms with E-state index in [1.165, 1.54) is 29.7 Å². The van der Waals surface area contributed by atoms with Crippen LogP contribution >= 0.6 is 22.9 Å². The van der Waals surface area contributed by atoms with Crippen LogP contribution in [0.4, 0.5) is 22.5 Å². The van der Waals surface area contributed by atoms with Crippen LogP contribution in [0.2, 0.25) is 5.02 Å². The van der Waals surface area contributed by atoms with Crippen LogP contribution in [0.3, 0.4) is 0 Å². The number of unbranched alkanes of at least 4 members (excludes halogenated alkanes) is 1. The second-order valence-corrected chi connectivity index (χ2v) is 18.5. The number of aromatic nitrogens is 3. The maximum absolute atomic E-state index is 13.3. The Hall–Kier alpha value is -6.36. The van der Waals surface area contributed by atoms with Crippen LogP contribution in [-0.4, -0.2) is 152 Å². The number of aryl methyl sites for hydroxylation is 2. The summed E-state index contributed by atoms with van der Waals surface area (Å²) in [7, 11) is 0. The molecule has 3 aliphatic rings. The molecule has 0 radical (unpaired) electrons. The molecule has 0 aliphatic carbocycles. The fraction of sp³-hybridized carbons (Fsp3) is 0.449. The number of Topliss-reactive ketones (excluding diaryl/α,β-unsaturated/α-hetero) is 1. The van der Waals surface area contributed by atoms with Gasteiger partial charge in [-0.05, 0) is 69.7 Å². The number of halogens is 1. The first-order valence-electron chi connectivity index (χ1n) is 23.6. The van der Waals surface area contributed by atoms with Gasteiger partial charge in [-0.15, -0.1) is 0 Å². The van der Waals surface area contributed by atoms with Crippen molar-refractivity contribution in [1.29, 1.82) is 0 Å². The molecule has 2 aromatic carbocycles. The van der Waals surface area contributed by atoms with Gasteiger partial charge in [0.15, 0.2) is 11.7 Å². The lowest BCUT2D eigenvalue weighted by molar-refractivity contribution is -0.125. The summed E-state index contributed by atoms with van der Waals surface area (Å²) >= 11 is 7.50. The van der Waals surface area contributed by atoms with Crippen LogP contribution in [0.15, 0.2) is 60.9 Å². The number of nitrogens with one attached hydrogen (secondary N) is 4. The summed E-state index contributed by atoms with van der Waals surface area (Å²) in [5, 5.41) is 12.4. The van der Waals surface area contributed by atoms with Gasteiger partial charge in [-0.1, -0.05) is 47.7 Å². The van der Waals surface area contributed by atoms with Crippen molar-refractivity contribution in [3.63, 3.8) is 0 Å². The van der Waals surface area contributed by atoms with Crippen LogP contribution in [0.25, 0.3) is 0 Å². The van der Waals surface area contributed by atoms with Crippen molar-refractivity contribution < 1.29 is 47.7 Å². The van der Waals surface area contributed by atoms with Crippen LogP contribution in [0.5, 0.6) is 5.75 Å². The van der Waals surface area contributed by atoms with Gasteiger partial charge in [-0.25, -0.2) is 15.0 Å². The van der Waals surface area contributed by atoms with Gasteiger partial charge in [0.25, 0.3) is 23.6 Å². The fourth-order valence-corrected chi connectivity index (χ4v) is 9.09. The number of rotatable bonds is 26. The number of hydrogen-bond acceptors (Lipinski definition) is 17. The molecule has 5 amide bonds. The minimum Gasteiger partial charge on any atom is -0.483 e. The van der Waals surface area contributed by atoms with Gasteiger partial charge in [0.2, 0.25) is 5.91 Å². The number of carbonyl (C=O) groups excluding carboxylic acids is 6. The van der Waals surface area contributed by atoms with E-state index in [1.807, 2.05) is 32.0 Å². The van der Waals surface area contributed by atoms with Crippen molar-refractivity contribution in [1.82, 2.24) is 35.4 Å². The third-order valence-electron chi connectivity index (χ3n) is 11.8. The summed E-state index contributed by atoms with van der Waals surface area (Å²) in [6.07, 6.45) is 4.83. The zero-order valence-corrected chi connectivity index (χ0v) is 41.5. The first-order valence-corrected chi connectivity index (χ1v) is 24.8. The molecule has 3 aliphatic heterocycles. The Kier molecular flexibility index (Phi) is 19.0. The van der Waals surface area contributed by atoms with Gasteiger partial charge in [0.05, 0.1) is 61.0 Å². The number of hydrogen-bond donors (Lipinski definition) is 4. The largest absolute Gasteiger partial charge is 0.483 e. The number of anilines is 4. The number of para-hydroxylation sites is 1. The number of benzene rings is 2. The van der Waals surface area contributed by atoms with E-state index in [9.17, 15) is 28.8 Å². The number of allylic oxidation sites excluding steroid dienone is 1. The quantitative estimate of drug-likeness (QED) is 0.0474. The van der Waals surface area contributed by atoms with Gasteiger partial charge < -0.3 is 45.1 Å². The molecule has 4 N–H and O–H groups in total. The Morgan fingerprint density at radius 2 is 1.63 bits per heavy atom. The second kappa shape index (κ2) is 25.7. The predicted octanol–water partition coefficient (Wildman–Crippen LogP) is 5.08. The number of piperidine rings is 1. The van der Waals surface area contributed by atoms with E-state index in [0.717, 1.165) is 42.2 Å². The molecule has 0 saturated carbocycles. The van der Waals surface area contributed by atoms with E-state index in [-0.39, 0.29) is 41.6 Å². The highest BCUT2D eigenvalue weighted by Crippen LogP contribution is 2.34. The molecule has 2 saturated heterocycles. The van der Waals surface area contributed by atoms with Crippen molar-refractivity contribution in [2.45, 2.75) is 58.4 Å². The molecule has 378 valence electrons. The number of thiazole rings is 1. The molecule has 2 aromatic heterocycles. The Balaban J connectivity index is 0.671. The second-order valence-electron chi connectivity index (χ2n) is 17.1. The molecule has 2 fully saturated rings. The summed E-state index contributed by atoms with van der Waals surface area (Å²) in [6.45, 7) is 13.3. The van der Waals surface area contributed by atoms with Gasteiger partial charge in [0.1, 0.15) is 39.9 Å². The number of piperazine rings is 1. The molecule has 7 rings (SSSR count). The minimum absolute atomic E-state index is 0.0370. The highest BCUT2D eigenvalue weighted by Gasteiger charge is 2.45. The first kappa shape index (κ1) is 52.5. The molecule has 20 nitrogen and oxygen atoms in total. The van der Waals surface area contributed by atoms with Crippen molar-refractivity contribution in [2.24, 2.45) is 0 Å². The molecule has 0 spiro atoms. The number of amides is 5. The standard InChI is InChI=1S/C49H59ClN10O10S/c1-31-9-6-12-36(50)44(31)57-46(64)39-28-52-49(71-39)56-40-27-41(55-33(3)54-40)59-19-17-58(18-20-59)29-34(61)10-4-5-21-67-23-25-69-26-24-68-22-8-16-51-42(62)30-70-38-13-7-11-35-43(38)48(66)60(47(35)65)37-15-14-32(2)53-45(37)63/h6-7,9,11-13,27-28,37H,2,4-5,8,10,14-26,29-30H2,1,3H3,(H,51,62)(H,53,63)(H,57,64)(H,52,54,55,56). The normalized spacial score (nSPS) is 16.0. The number of fused-ring (bicyclic) bond motifs is 1. The third kappa shape index (κ3) is 14.6. The zero-order chi connectivity index (χ0) is 50.3. The van der Waals surface area contributed by atoms with E-state index >= 15 is 0 Å². The van der Waals surface area contributed by atoms with Crippen LogP contribution < -0.4 is 30.9 Å². The average Bonchev–Trinajstić information content (AvgIpc) is 3.92. The van der Waals surface area contributed by atoms with E-state index < -0.39 is 29.7 Å². The number of imide groups is 1. The molecular weight excluding hydrogens is 956 g/mol. The lowest BCUT2D eigenvalue weighted by atomic mass is 10.0. The molecule has 0 bridgehead atoms. The topological polar surface area (TPSA) is 236 Å². The summed E-state index contributed by atoms with van der Waals surface area (Å²) in [6, 6.07) is 10.9. The van der Waals surface area contributed by atoms with Gasteiger partial charge in [-0.3, -0.25) is 38.6 Å². The van der Waals surface area contributed by atoms with Crippen molar-refractivity contribution in [3.8, 4) is 5.75 Å². The molecule has 1 unspecified atom stereocenters. The van der Waals surface area contributed by atoms with E-state index in [1.54, 1.807) is 12.1 Å². The smallest absolute Gasteiger partial charge is 0.267 e. The molecule has 5 heterocycles. The lowest BCUT2D eigenvalue weighted by Crippen LogP contribution is -2.51. The summed E-state index contributed by atoms with van der Waals surface area (Å²) in [5.41, 5.74) is 2.13. The third-order valence-corrected chi connectivity index (χ3v) is 13.0. The molecule has 71 heavy (non-hydrogen) atoms. The van der Waals surface area contributed by atoms with Gasteiger partial charge >= 0.3 is 0 Å². The van der Waals surface area contributed by atoms with Gasteiger partial charge in [0, 0.05) is 64.1 Å². The van der Waals surface area contributed by atoms with Crippen LogP contribution in [0.1, 0.15) is 80.3 Å². The molecule has 22 heteroatoms. The van der Waals surface area contributed by atoms with Crippen molar-refractivity contribution in [2.75, 3.05) is 101 Å². The molecular formula is C49H59ClN10O10S. The Morgan fingerprint density at radius 3 is 2.38 bits per heavy atom. The summed E-state index contributed by atoms with van der Waals surface area (Å²) < 4.78 is 22.5. The highest BCUT2D eigenvalue weighted by atomic mass is 35.5. The lowest BCUT2D eigenvalue weighted by Gasteiger charge is -2.35. The van der Waals surface area contributed by atoms with E-state index in [2.05, 4.69) is 52.6 Å². The average molecular weight is 1020 g/mol. The SMILES string of the molecule is C=C1CCC(N2C(=O)c3cccc(OCC(=O)NCCCOCCOCCOCCCCC(=O)CN4CCN(c5cc(Nc6ncc(C(=O)Nc7c(C)cccc7Cl)s6)nc(C)n5)CC4)c3C2=O)C(=O)N1. The maximum atomic E-state index is 13.3. The first-order chi connectivity index (χ1) is 34.3. The van der Waals surface area contributed by atoms with Crippen molar-refractivity contribution in [3.05, 3.63) is 93.4 Å². The Labute approximate surface area is 420 Å². The number of ether oxygens (including phenoxy) is 4. The summed E-state index contributed by atoms with van der Waals surface area (Å²) in [4.78, 5) is 96.3. The Bertz CT molecular complexity index is 2570. The monoisotopic (exact) mass is 1010 g/mol. The van der Waals surface area contributed by atoms with E-state index in [4.69, 9.17) is 30.5 Å². The maximum Gasteiger partial charge on any atom is 0.267 e. The highest BCUT2D eigenvalue weighted by molar-refractivity contribution is 7.17. The molecule has 4 aromatic rings. The summed E-state index contributed by atoms with van der Waals surface area (Å²) in [5.74, 6) is -0.126. The fourth-order valence-electron chi connectivity index (χ4n) is 8.10. The van der Waals surface area contributed by atoms with Crippen LogP contribution in [0, 0.1) is 13.8 Å². The van der Waals surface area contributed by atoms with Crippen molar-refractivity contribution >= 4 is 80.7 Å². The van der Waals surface area contributed by atoms with Crippen LogP contribution in [-0.2, 0) is 28.6 Å². The number of ketones is 1. The predicted molar refractivity (Wildman–Crippen MR) is 267 cm³/mol. The van der Waals surface area contributed by atoms with E-state index in [0.29, 0.717) is 123 Å². The Morgan fingerprint density at radius 1 is 0.901 bits per heavy atom. The number of carbonyl (C=O) groups is 6. The molecule has 1 atom stereocenters. The number of nitrogens with zero attached hydrogens (tertiary/aromatic N) is 6.